The first kappa shape index (κ1) is 12.3. The van der Waals surface area contributed by atoms with Gasteiger partial charge in [0.2, 0.25) is 5.95 Å². The topological polar surface area (TPSA) is 69.0 Å². The maximum absolute atomic E-state index is 11.3. The highest BCUT2D eigenvalue weighted by Gasteiger charge is 2.05. The molecule has 0 atom stereocenters. The van der Waals surface area contributed by atoms with Crippen LogP contribution in [0.3, 0.4) is 0 Å². The molecule has 2 rings (SSSR count). The number of nitrogens with zero attached hydrogens (tertiary/aromatic N) is 3. The highest BCUT2D eigenvalue weighted by Crippen LogP contribution is 2.03. The minimum atomic E-state index is -0.269. The molecule has 0 saturated heterocycles. The highest BCUT2D eigenvalue weighted by atomic mass is 16.5. The Kier molecular flexibility index (Phi) is 4.03. The number of rotatable bonds is 5. The van der Waals surface area contributed by atoms with Gasteiger partial charge in [-0.1, -0.05) is 30.3 Å². The fraction of sp³-hybridized carbons (Fsp3) is 0.250. The van der Waals surface area contributed by atoms with Gasteiger partial charge in [-0.15, -0.1) is 5.10 Å². The first-order valence-corrected chi connectivity index (χ1v) is 5.50. The van der Waals surface area contributed by atoms with E-state index < -0.39 is 0 Å². The molecule has 94 valence electrons. The van der Waals surface area contributed by atoms with E-state index in [0.29, 0.717) is 6.54 Å². The quantitative estimate of drug-likeness (QED) is 0.851. The molecule has 6 heteroatoms. The molecule has 0 fully saturated rings. The van der Waals surface area contributed by atoms with Crippen molar-refractivity contribution in [2.75, 3.05) is 19.0 Å². The van der Waals surface area contributed by atoms with Gasteiger partial charge in [0.15, 0.2) is 0 Å². The number of nitrogens with one attached hydrogen (secondary N) is 1. The van der Waals surface area contributed by atoms with E-state index in [-0.39, 0.29) is 18.5 Å². The first-order valence-electron chi connectivity index (χ1n) is 5.50. The SMILES string of the molecule is COCC(=O)Nc1ncn(Cc2ccccc2)n1. The average molecular weight is 246 g/mol. The summed E-state index contributed by atoms with van der Waals surface area (Å²) in [4.78, 5) is 15.3. The molecule has 0 aliphatic rings. The summed E-state index contributed by atoms with van der Waals surface area (Å²) in [7, 11) is 1.46. The lowest BCUT2D eigenvalue weighted by Gasteiger charge is -2.00. The predicted octanol–water partition coefficient (Wildman–Crippen LogP) is 0.911. The van der Waals surface area contributed by atoms with Crippen molar-refractivity contribution in [3.8, 4) is 0 Å². The van der Waals surface area contributed by atoms with Gasteiger partial charge < -0.3 is 4.74 Å². The Balaban J connectivity index is 1.96. The number of benzene rings is 1. The van der Waals surface area contributed by atoms with Crippen LogP contribution in [0.4, 0.5) is 5.95 Å². The third-order valence-electron chi connectivity index (χ3n) is 2.25. The number of anilines is 1. The van der Waals surface area contributed by atoms with Gasteiger partial charge in [0.1, 0.15) is 12.9 Å². The summed E-state index contributed by atoms with van der Waals surface area (Å²) in [6.45, 7) is 0.612. The van der Waals surface area contributed by atoms with E-state index in [1.807, 2.05) is 30.3 Å². The van der Waals surface area contributed by atoms with Gasteiger partial charge in [0, 0.05) is 7.11 Å². The van der Waals surface area contributed by atoms with Crippen molar-refractivity contribution in [1.82, 2.24) is 14.8 Å². The highest BCUT2D eigenvalue weighted by molar-refractivity contribution is 5.89. The Morgan fingerprint density at radius 1 is 1.39 bits per heavy atom. The van der Waals surface area contributed by atoms with Crippen LogP contribution >= 0.6 is 0 Å². The summed E-state index contributed by atoms with van der Waals surface area (Å²) < 4.78 is 6.37. The molecule has 0 bridgehead atoms. The van der Waals surface area contributed by atoms with E-state index in [1.165, 1.54) is 7.11 Å². The molecule has 0 radical (unpaired) electrons. The Bertz CT molecular complexity index is 510. The molecule has 1 heterocycles. The number of hydrogen-bond donors (Lipinski definition) is 1. The zero-order valence-corrected chi connectivity index (χ0v) is 10.0. The van der Waals surface area contributed by atoms with Crippen molar-refractivity contribution >= 4 is 11.9 Å². The Hall–Kier alpha value is -2.21. The summed E-state index contributed by atoms with van der Waals surface area (Å²) >= 11 is 0. The van der Waals surface area contributed by atoms with Crippen molar-refractivity contribution in [3.63, 3.8) is 0 Å². The summed E-state index contributed by atoms with van der Waals surface area (Å²) in [6.07, 6.45) is 1.58. The number of hydrogen-bond acceptors (Lipinski definition) is 4. The minimum Gasteiger partial charge on any atom is -0.375 e. The predicted molar refractivity (Wildman–Crippen MR) is 66.1 cm³/mol. The molecule has 1 amide bonds. The third kappa shape index (κ3) is 3.39. The largest absolute Gasteiger partial charge is 0.375 e. The van der Waals surface area contributed by atoms with E-state index in [4.69, 9.17) is 4.74 Å². The second kappa shape index (κ2) is 5.92. The lowest BCUT2D eigenvalue weighted by Crippen LogP contribution is -2.18. The monoisotopic (exact) mass is 246 g/mol. The second-order valence-electron chi connectivity index (χ2n) is 3.73. The van der Waals surface area contributed by atoms with Crippen molar-refractivity contribution in [2.45, 2.75) is 6.54 Å². The molecule has 18 heavy (non-hydrogen) atoms. The summed E-state index contributed by atoms with van der Waals surface area (Å²) in [5.41, 5.74) is 1.12. The molecule has 0 unspecified atom stereocenters. The standard InChI is InChI=1S/C12H14N4O2/c1-18-8-11(17)14-12-13-9-16(15-12)7-10-5-3-2-4-6-10/h2-6,9H,7-8H2,1H3,(H,14,15,17). The van der Waals surface area contributed by atoms with Crippen LogP contribution in [0, 0.1) is 0 Å². The number of ether oxygens (including phenoxy) is 1. The zero-order chi connectivity index (χ0) is 12.8. The second-order valence-corrected chi connectivity index (χ2v) is 3.73. The van der Waals surface area contributed by atoms with Crippen molar-refractivity contribution in [1.29, 1.82) is 0 Å². The molecule has 0 aliphatic heterocycles. The van der Waals surface area contributed by atoms with Gasteiger partial charge in [0.05, 0.1) is 6.54 Å². The van der Waals surface area contributed by atoms with Gasteiger partial charge in [-0.25, -0.2) is 9.67 Å². The molecule has 1 aromatic carbocycles. The van der Waals surface area contributed by atoms with Crippen LogP contribution in [0.25, 0.3) is 0 Å². The number of aromatic nitrogens is 3. The van der Waals surface area contributed by atoms with Crippen LogP contribution in [0.2, 0.25) is 0 Å². The van der Waals surface area contributed by atoms with Crippen LogP contribution in [-0.4, -0.2) is 34.4 Å². The fourth-order valence-corrected chi connectivity index (χ4v) is 1.49. The van der Waals surface area contributed by atoms with Crippen LogP contribution in [0.1, 0.15) is 5.56 Å². The van der Waals surface area contributed by atoms with E-state index in [9.17, 15) is 4.79 Å². The third-order valence-corrected chi connectivity index (χ3v) is 2.25. The number of amides is 1. The maximum Gasteiger partial charge on any atom is 0.252 e. The Labute approximate surface area is 105 Å². The fourth-order valence-electron chi connectivity index (χ4n) is 1.49. The minimum absolute atomic E-state index is 0.00672. The van der Waals surface area contributed by atoms with E-state index >= 15 is 0 Å². The lowest BCUT2D eigenvalue weighted by atomic mass is 10.2. The van der Waals surface area contributed by atoms with Gasteiger partial charge in [0.25, 0.3) is 5.91 Å². The molecular formula is C12H14N4O2. The van der Waals surface area contributed by atoms with Crippen LogP contribution in [0.15, 0.2) is 36.7 Å². The van der Waals surface area contributed by atoms with E-state index in [0.717, 1.165) is 5.56 Å². The Morgan fingerprint density at radius 2 is 2.17 bits per heavy atom. The van der Waals surface area contributed by atoms with E-state index in [2.05, 4.69) is 15.4 Å². The summed E-state index contributed by atoms with van der Waals surface area (Å²) in [5, 5.41) is 6.69. The van der Waals surface area contributed by atoms with Gasteiger partial charge >= 0.3 is 0 Å². The summed E-state index contributed by atoms with van der Waals surface area (Å²) in [5.74, 6) is 0.0166. The molecule has 1 aromatic heterocycles. The lowest BCUT2D eigenvalue weighted by molar-refractivity contribution is -0.119. The maximum atomic E-state index is 11.3. The molecule has 0 aliphatic carbocycles. The molecule has 0 saturated carbocycles. The van der Waals surface area contributed by atoms with Gasteiger partial charge in [-0.2, -0.15) is 0 Å². The Morgan fingerprint density at radius 3 is 2.89 bits per heavy atom. The molecule has 1 N–H and O–H groups in total. The smallest absolute Gasteiger partial charge is 0.252 e. The number of carbonyl (C=O) groups excluding carboxylic acids is 1. The van der Waals surface area contributed by atoms with Crippen LogP contribution in [-0.2, 0) is 16.1 Å². The van der Waals surface area contributed by atoms with Gasteiger partial charge in [-0.3, -0.25) is 10.1 Å². The van der Waals surface area contributed by atoms with Crippen molar-refractivity contribution < 1.29 is 9.53 Å². The molecular weight excluding hydrogens is 232 g/mol. The molecule has 0 spiro atoms. The average Bonchev–Trinajstić information content (AvgIpc) is 2.78. The molecule has 6 nitrogen and oxygen atoms in total. The van der Waals surface area contributed by atoms with Gasteiger partial charge in [-0.05, 0) is 5.56 Å². The zero-order valence-electron chi connectivity index (χ0n) is 10.0. The number of carbonyl (C=O) groups is 1. The van der Waals surface area contributed by atoms with E-state index in [1.54, 1.807) is 11.0 Å². The van der Waals surface area contributed by atoms with Crippen molar-refractivity contribution in [3.05, 3.63) is 42.2 Å². The van der Waals surface area contributed by atoms with Crippen LogP contribution in [0.5, 0.6) is 0 Å². The summed E-state index contributed by atoms with van der Waals surface area (Å²) in [6, 6.07) is 9.90. The molecule has 2 aromatic rings. The number of methoxy groups -OCH3 is 1. The van der Waals surface area contributed by atoms with Crippen molar-refractivity contribution in [2.24, 2.45) is 0 Å². The first-order chi connectivity index (χ1) is 8.78. The van der Waals surface area contributed by atoms with Crippen LogP contribution < -0.4 is 5.32 Å². The normalized spacial score (nSPS) is 10.3.